The molecule has 0 saturated carbocycles. The minimum atomic E-state index is -0.653. The molecule has 2 amide bonds. The lowest BCUT2D eigenvalue weighted by atomic mass is 10.1. The summed E-state index contributed by atoms with van der Waals surface area (Å²) < 4.78 is 5.56. The number of rotatable bonds is 7. The minimum Gasteiger partial charge on any atom is -0.493 e. The molecule has 0 fully saturated rings. The van der Waals surface area contributed by atoms with Gasteiger partial charge in [0.1, 0.15) is 5.75 Å². The van der Waals surface area contributed by atoms with Gasteiger partial charge in [-0.15, -0.1) is 0 Å². The highest BCUT2D eigenvalue weighted by Gasteiger charge is 2.13. The van der Waals surface area contributed by atoms with Gasteiger partial charge in [0.05, 0.1) is 6.61 Å². The molecule has 0 aliphatic heterocycles. The number of hydrogen-bond donors (Lipinski definition) is 2. The van der Waals surface area contributed by atoms with Gasteiger partial charge >= 0.3 is 11.8 Å². The fourth-order valence-electron chi connectivity index (χ4n) is 1.64. The van der Waals surface area contributed by atoms with Crippen LogP contribution in [0.15, 0.2) is 24.3 Å². The van der Waals surface area contributed by atoms with Gasteiger partial charge in [0.15, 0.2) is 0 Å². The summed E-state index contributed by atoms with van der Waals surface area (Å²) in [6, 6.07) is 6.98. The Morgan fingerprint density at radius 3 is 2.18 bits per heavy atom. The van der Waals surface area contributed by atoms with Gasteiger partial charge in [0.2, 0.25) is 0 Å². The van der Waals surface area contributed by atoms with Crippen molar-refractivity contribution < 1.29 is 14.3 Å². The Balaban J connectivity index is 2.42. The molecule has 0 spiro atoms. The van der Waals surface area contributed by atoms with Gasteiger partial charge < -0.3 is 15.4 Å². The van der Waals surface area contributed by atoms with E-state index in [9.17, 15) is 9.59 Å². The highest BCUT2D eigenvalue weighted by Crippen LogP contribution is 2.16. The summed E-state index contributed by atoms with van der Waals surface area (Å²) in [4.78, 5) is 23.4. The van der Waals surface area contributed by atoms with E-state index in [4.69, 9.17) is 4.74 Å². The SMILES string of the molecule is CC(C)CCNC(=O)C(=O)Nc1ccc(OCC(C)C)cc1. The van der Waals surface area contributed by atoms with Crippen LogP contribution in [0.3, 0.4) is 0 Å². The number of carbonyl (C=O) groups is 2. The third kappa shape index (κ3) is 7.11. The number of benzene rings is 1. The molecule has 0 saturated heterocycles. The van der Waals surface area contributed by atoms with Crippen LogP contribution in [0.2, 0.25) is 0 Å². The topological polar surface area (TPSA) is 67.4 Å². The molecule has 1 aromatic rings. The first-order chi connectivity index (χ1) is 10.4. The Morgan fingerprint density at radius 1 is 1.00 bits per heavy atom. The Bertz CT molecular complexity index is 481. The van der Waals surface area contributed by atoms with Crippen molar-refractivity contribution in [1.82, 2.24) is 5.32 Å². The quantitative estimate of drug-likeness (QED) is 0.761. The second kappa shape index (κ2) is 9.07. The molecule has 5 heteroatoms. The number of hydrogen-bond acceptors (Lipinski definition) is 3. The van der Waals surface area contributed by atoms with Gasteiger partial charge in [-0.2, -0.15) is 0 Å². The molecule has 0 aliphatic rings. The molecule has 1 aromatic carbocycles. The Labute approximate surface area is 132 Å². The molecule has 0 aliphatic carbocycles. The van der Waals surface area contributed by atoms with Crippen molar-refractivity contribution in [3.8, 4) is 5.75 Å². The van der Waals surface area contributed by atoms with Gasteiger partial charge in [0.25, 0.3) is 0 Å². The zero-order chi connectivity index (χ0) is 16.5. The van der Waals surface area contributed by atoms with E-state index in [1.165, 1.54) is 0 Å². The van der Waals surface area contributed by atoms with Crippen LogP contribution in [-0.2, 0) is 9.59 Å². The number of anilines is 1. The van der Waals surface area contributed by atoms with Crippen molar-refractivity contribution in [1.29, 1.82) is 0 Å². The molecular weight excluding hydrogens is 280 g/mol. The van der Waals surface area contributed by atoms with E-state index in [1.807, 2.05) is 0 Å². The van der Waals surface area contributed by atoms with Crippen LogP contribution < -0.4 is 15.4 Å². The predicted molar refractivity (Wildman–Crippen MR) is 87.9 cm³/mol. The van der Waals surface area contributed by atoms with Gasteiger partial charge in [-0.1, -0.05) is 27.7 Å². The van der Waals surface area contributed by atoms with Gasteiger partial charge in [-0.05, 0) is 42.5 Å². The molecule has 5 nitrogen and oxygen atoms in total. The number of amides is 2. The van der Waals surface area contributed by atoms with Crippen molar-refractivity contribution in [2.45, 2.75) is 34.1 Å². The number of nitrogens with one attached hydrogen (secondary N) is 2. The first kappa shape index (κ1) is 18.0. The third-order valence-electron chi connectivity index (χ3n) is 2.91. The molecule has 0 unspecified atom stereocenters. The molecule has 122 valence electrons. The Kier molecular flexibility index (Phi) is 7.43. The predicted octanol–water partition coefficient (Wildman–Crippen LogP) is 2.82. The normalized spacial score (nSPS) is 10.6. The second-order valence-corrected chi connectivity index (χ2v) is 6.12. The standard InChI is InChI=1S/C17H26N2O3/c1-12(2)9-10-18-16(20)17(21)19-14-5-7-15(8-6-14)22-11-13(3)4/h5-8,12-13H,9-11H2,1-4H3,(H,18,20)(H,19,21). The summed E-state index contributed by atoms with van der Waals surface area (Å²) in [6.07, 6.45) is 0.848. The van der Waals surface area contributed by atoms with Gasteiger partial charge in [-0.25, -0.2) is 0 Å². The number of carbonyl (C=O) groups excluding carboxylic acids is 2. The summed E-state index contributed by atoms with van der Waals surface area (Å²) in [7, 11) is 0. The van der Waals surface area contributed by atoms with Gasteiger partial charge in [0, 0.05) is 12.2 Å². The zero-order valence-electron chi connectivity index (χ0n) is 13.8. The van der Waals surface area contributed by atoms with Crippen molar-refractivity contribution in [2.24, 2.45) is 11.8 Å². The molecule has 1 rings (SSSR count). The molecule has 0 aromatic heterocycles. The second-order valence-electron chi connectivity index (χ2n) is 6.12. The fourth-order valence-corrected chi connectivity index (χ4v) is 1.64. The lowest BCUT2D eigenvalue weighted by molar-refractivity contribution is -0.136. The average Bonchev–Trinajstić information content (AvgIpc) is 2.45. The van der Waals surface area contributed by atoms with Crippen LogP contribution in [0, 0.1) is 11.8 Å². The maximum absolute atomic E-state index is 11.7. The zero-order valence-corrected chi connectivity index (χ0v) is 13.8. The maximum Gasteiger partial charge on any atom is 0.313 e. The molecule has 0 bridgehead atoms. The molecular formula is C17H26N2O3. The van der Waals surface area contributed by atoms with Crippen molar-refractivity contribution in [2.75, 3.05) is 18.5 Å². The molecule has 0 radical (unpaired) electrons. The maximum atomic E-state index is 11.7. The third-order valence-corrected chi connectivity index (χ3v) is 2.91. The minimum absolute atomic E-state index is 0.453. The van der Waals surface area contributed by atoms with Crippen LogP contribution >= 0.6 is 0 Å². The summed E-state index contributed by atoms with van der Waals surface area (Å²) in [5.41, 5.74) is 0.570. The largest absolute Gasteiger partial charge is 0.493 e. The first-order valence-electron chi connectivity index (χ1n) is 7.70. The number of ether oxygens (including phenoxy) is 1. The van der Waals surface area contributed by atoms with Crippen LogP contribution in [0.5, 0.6) is 5.75 Å². The summed E-state index contributed by atoms with van der Waals surface area (Å²) in [6.45, 7) is 9.43. The molecule has 2 N–H and O–H groups in total. The monoisotopic (exact) mass is 306 g/mol. The van der Waals surface area contributed by atoms with E-state index >= 15 is 0 Å². The lowest BCUT2D eigenvalue weighted by Crippen LogP contribution is -2.36. The van der Waals surface area contributed by atoms with E-state index in [1.54, 1.807) is 24.3 Å². The van der Waals surface area contributed by atoms with Crippen molar-refractivity contribution >= 4 is 17.5 Å². The van der Waals surface area contributed by atoms with Crippen LogP contribution in [-0.4, -0.2) is 25.0 Å². The first-order valence-corrected chi connectivity index (χ1v) is 7.70. The van der Waals surface area contributed by atoms with Crippen LogP contribution in [0.25, 0.3) is 0 Å². The van der Waals surface area contributed by atoms with Crippen LogP contribution in [0.4, 0.5) is 5.69 Å². The smallest absolute Gasteiger partial charge is 0.313 e. The summed E-state index contributed by atoms with van der Waals surface area (Å²) in [5.74, 6) is 0.420. The van der Waals surface area contributed by atoms with E-state index in [-0.39, 0.29) is 0 Å². The summed E-state index contributed by atoms with van der Waals surface area (Å²) >= 11 is 0. The lowest BCUT2D eigenvalue weighted by Gasteiger charge is -2.10. The molecule has 22 heavy (non-hydrogen) atoms. The van der Waals surface area contributed by atoms with E-state index in [0.29, 0.717) is 30.7 Å². The molecule has 0 atom stereocenters. The fraction of sp³-hybridized carbons (Fsp3) is 0.529. The van der Waals surface area contributed by atoms with E-state index < -0.39 is 11.8 Å². The Hall–Kier alpha value is -2.04. The van der Waals surface area contributed by atoms with Crippen molar-refractivity contribution in [3.63, 3.8) is 0 Å². The average molecular weight is 306 g/mol. The van der Waals surface area contributed by atoms with Gasteiger partial charge in [-0.3, -0.25) is 9.59 Å². The molecule has 0 heterocycles. The van der Waals surface area contributed by atoms with Crippen molar-refractivity contribution in [3.05, 3.63) is 24.3 Å². The Morgan fingerprint density at radius 2 is 1.64 bits per heavy atom. The van der Waals surface area contributed by atoms with E-state index in [0.717, 1.165) is 12.2 Å². The van der Waals surface area contributed by atoms with E-state index in [2.05, 4.69) is 38.3 Å². The highest BCUT2D eigenvalue weighted by atomic mass is 16.5. The summed E-state index contributed by atoms with van der Waals surface area (Å²) in [5, 5.41) is 5.17. The van der Waals surface area contributed by atoms with Crippen LogP contribution in [0.1, 0.15) is 34.1 Å². The highest BCUT2D eigenvalue weighted by molar-refractivity contribution is 6.39.